The Labute approximate surface area is 915 Å². The number of likely N-dealkylation sites (N-methyl/N-ethyl adjacent to an activating group) is 10. The lowest BCUT2D eigenvalue weighted by atomic mass is 10.1. The van der Waals surface area contributed by atoms with E-state index in [-0.39, 0.29) is 153 Å². The highest BCUT2D eigenvalue weighted by atomic mass is 16.7. The van der Waals surface area contributed by atoms with Crippen LogP contribution < -0.4 is 148 Å². The first-order valence-corrected chi connectivity index (χ1v) is 42.2. The van der Waals surface area contributed by atoms with Gasteiger partial charge in [0, 0.05) is 118 Å². The lowest BCUT2D eigenvalue weighted by Crippen LogP contribution is -2.23. The molecule has 760 valence electrons. The summed E-state index contributed by atoms with van der Waals surface area (Å²) in [5.74, 6) is 3.69. The second-order valence-corrected chi connectivity index (χ2v) is 28.8. The van der Waals surface area contributed by atoms with Gasteiger partial charge in [0.05, 0.1) is 8.22 Å². The molecule has 0 amide bonds. The Bertz CT molecular complexity index is 8580. The Morgan fingerprint density at radius 2 is 0.400 bits per heavy atom. The van der Waals surface area contributed by atoms with Crippen molar-refractivity contribution in [1.82, 2.24) is 53.1 Å². The molecule has 10 aromatic carbocycles. The molecular formula is C110H150N10O20. The highest BCUT2D eigenvalue weighted by Gasteiger charge is 2.24. The summed E-state index contributed by atoms with van der Waals surface area (Å²) in [7, 11) is 8.53. The smallest absolute Gasteiger partial charge is 0.231 e. The van der Waals surface area contributed by atoms with Gasteiger partial charge in [0.1, 0.15) is 19.4 Å². The molecule has 10 N–H and O–H groups in total. The summed E-state index contributed by atoms with van der Waals surface area (Å²) in [6.07, 6.45) is -22.4. The van der Waals surface area contributed by atoms with Gasteiger partial charge in [-0.15, -0.1) is 0 Å². The van der Waals surface area contributed by atoms with Gasteiger partial charge in [-0.1, -0.05) is 60.6 Å². The summed E-state index contributed by atoms with van der Waals surface area (Å²) < 4.78 is 579. The standard InChI is InChI=1S/10C11H15NO2/c10*1-8(12-2)5-9-3-4-10-11(6-9)14-7-13-10/h10*3-4,6,8,12H,5,7H2,1-2H3/i3D,4D,5D2,6D,7D2,8D;3D,4D,5D2,6D,8D;2*2D3,5D2,7D2,8D;2*5D2,7D2,8D;2*2D3,5D2,8D;2*5D2,8D/hD4. The predicted octanol–water partition coefficient (Wildman–Crippen LogP) is 15.7. The quantitative estimate of drug-likeness (QED) is 0.0200. The first kappa shape index (κ1) is 51.5. The van der Waals surface area contributed by atoms with Crippen LogP contribution in [-0.2, 0) is 63.7 Å². The van der Waals surface area contributed by atoms with E-state index in [1.807, 2.05) is 10.6 Å². The number of ether oxygens (including phenoxy) is 20. The van der Waals surface area contributed by atoms with Crippen LogP contribution in [0.25, 0.3) is 0 Å². The van der Waals surface area contributed by atoms with Crippen LogP contribution >= 0.6 is 0 Å². The fraction of sp³-hybridized carbons (Fsp3) is 0.455. The minimum Gasteiger partial charge on any atom is -0.454 e. The average molecular weight is 1990 g/mol. The topological polar surface area (TPSA) is 305 Å². The van der Waals surface area contributed by atoms with Crippen molar-refractivity contribution in [3.8, 4) is 115 Å². The van der Waals surface area contributed by atoms with Crippen LogP contribution in [0.1, 0.15) is 204 Å². The zero-order valence-corrected chi connectivity index (χ0v) is 78.8. The molecule has 0 fully saturated rings. The number of benzene rings is 10. The summed E-state index contributed by atoms with van der Waals surface area (Å²) in [6, 6.07) is 12.1. The monoisotopic (exact) mass is 1990 g/mol. The number of rotatable bonds is 30. The fourth-order valence-corrected chi connectivity index (χ4v) is 11.4. The van der Waals surface area contributed by atoms with E-state index in [1.54, 1.807) is 43.4 Å². The Kier molecular flexibility index (Phi) is 20.9. The van der Waals surface area contributed by atoms with Gasteiger partial charge in [-0.3, -0.25) is 0 Å². The van der Waals surface area contributed by atoms with Crippen LogP contribution in [0.15, 0.2) is 182 Å². The van der Waals surface area contributed by atoms with Crippen LogP contribution in [0.5, 0.6) is 115 Å². The van der Waals surface area contributed by atoms with E-state index in [9.17, 15) is 0 Å². The highest BCUT2D eigenvalue weighted by Crippen LogP contribution is 2.41. The first-order valence-electron chi connectivity index (χ1n) is 72.9. The highest BCUT2D eigenvalue weighted by molar-refractivity contribution is 5.52. The summed E-state index contributed by atoms with van der Waals surface area (Å²) in [5.41, 5.74) is 0.202. The van der Waals surface area contributed by atoms with Crippen molar-refractivity contribution in [1.29, 1.82) is 0 Å². The molecule has 30 heteroatoms. The van der Waals surface area contributed by atoms with Gasteiger partial charge in [-0.2, -0.15) is 0 Å². The molecule has 10 heterocycles. The molecule has 10 unspecified atom stereocenters. The van der Waals surface area contributed by atoms with Crippen LogP contribution in [0, 0.1) is 0 Å². The lowest BCUT2D eigenvalue weighted by Gasteiger charge is -2.10. The van der Waals surface area contributed by atoms with Crippen molar-refractivity contribution in [2.45, 2.75) is 193 Å². The van der Waals surface area contributed by atoms with Gasteiger partial charge in [0.2, 0.25) is 67.7 Å². The lowest BCUT2D eigenvalue weighted by molar-refractivity contribution is 0.173. The third-order valence-electron chi connectivity index (χ3n) is 18.8. The summed E-state index contributed by atoms with van der Waals surface area (Å²) in [5, 5.41) is 15.7. The molecule has 0 radical (unpaired) electrons. The van der Waals surface area contributed by atoms with E-state index in [0.717, 1.165) is 37.5 Å². The van der Waals surface area contributed by atoms with E-state index in [2.05, 4.69) is 21.3 Å². The molecule has 10 atom stereocenters. The number of fused-ring (bicyclic) bond motifs is 10. The molecule has 0 saturated carbocycles. The minimum absolute atomic E-state index is 0.00365. The van der Waals surface area contributed by atoms with Crippen LogP contribution in [-0.4, -0.2) is 198 Å². The van der Waals surface area contributed by atoms with Crippen LogP contribution in [0.2, 0.25) is 5.65 Å². The van der Waals surface area contributed by atoms with Crippen molar-refractivity contribution in [3.63, 3.8) is 0 Å². The second kappa shape index (κ2) is 56.9. The van der Waals surface area contributed by atoms with Crippen LogP contribution in [0.4, 0.5) is 0 Å². The van der Waals surface area contributed by atoms with Crippen molar-refractivity contribution in [2.24, 2.45) is 0 Å². The van der Waals surface area contributed by atoms with Gasteiger partial charge in [0.25, 0.3) is 0 Å². The summed E-state index contributed by atoms with van der Waals surface area (Å²) in [4.78, 5) is 0. The molecule has 0 bridgehead atoms. The maximum atomic E-state index is 8.12. The molecule has 140 heavy (non-hydrogen) atoms. The van der Waals surface area contributed by atoms with Crippen molar-refractivity contribution in [2.75, 3.05) is 138 Å². The molecular weight excluding hydrogens is 1780 g/mol. The minimum atomic E-state index is -2.97. The molecule has 20 rings (SSSR count). The fourth-order valence-electron chi connectivity index (χ4n) is 11.4. The Balaban J connectivity index is 0.000000206. The Hall–Kier alpha value is -12.2. The van der Waals surface area contributed by atoms with Crippen molar-refractivity contribution in [3.05, 3.63) is 237 Å². The number of nitrogens with one attached hydrogen (secondary N) is 10. The average Bonchev–Trinajstić information content (AvgIpc) is 1.51. The molecule has 30 nitrogen and oxygen atoms in total. The first-order chi connectivity index (χ1) is 91.1. The molecule has 0 aromatic heterocycles. The van der Waals surface area contributed by atoms with Crippen LogP contribution in [0.3, 0.4) is 0 Å². The largest absolute Gasteiger partial charge is 0.454 e. The third-order valence-corrected chi connectivity index (χ3v) is 18.8. The third kappa shape index (κ3) is 34.6. The SMILES string of the molecule is [2H]C(C)(NC)C([2H])([2H])c1ccc2c(c1)OCO2.[2H]C([2H])([2H])NC([2H])(C)C([2H])([2H])c1ccc2c(c1)OC([2H])([2H])O2.[2H]C([2H])([2H])NC([2H])(C)C([2H])([2H])c1ccc2c(c1)OCO2.[2H]C1([2H])Oc2ccc(C([2H])([2H])C([2H])(C)NC)cc2O1.[2H]N(C([2H])([2H])[2H])C([2H])(C)C([2H])([2H])c1ccc2c(c1)OC([2H])([2H])O2.[2H]N(C([2H])([2H])[2H])C([2H])(C)C([2H])([2H])c1ccc2c(c1)OCO2.[2H]N(C)C([2H])(C)C([2H])([2H])c1ccc2c(c1)OC([2H])([2H])O2.[2H]N(C)C([2H])(C)C([2H])([2H])c1ccc2c(c1)OCO2.[2H]c1c([2H])c(C([2H])([2H])C([2H])(C)NC)c([2H])c2c1OC([2H])([2H])O2.[2H]c1c([2H])c(C([2H])([2H])C([2H])(C)NC)c([2H])c2c1OCO2. The predicted molar refractivity (Wildman–Crippen MR) is 548 cm³/mol. The van der Waals surface area contributed by atoms with E-state index in [0.29, 0.717) is 57.1 Å². The molecule has 10 aromatic rings. The van der Waals surface area contributed by atoms with E-state index in [1.165, 1.54) is 187 Å². The maximum Gasteiger partial charge on any atom is 0.231 e. The molecule has 0 saturated heterocycles. The van der Waals surface area contributed by atoms with Crippen molar-refractivity contribution < 1.29 is 180 Å². The van der Waals surface area contributed by atoms with E-state index in [4.69, 9.17) is 180 Å². The molecule has 0 aliphatic carbocycles. The van der Waals surface area contributed by atoms with Gasteiger partial charge in [-0.25, -0.2) is 0 Å². The number of hydrogen-bond donors (Lipinski definition) is 10. The normalized spacial score (nSPS) is 27.6. The van der Waals surface area contributed by atoms with Gasteiger partial charge in [-0.05, 0) is 380 Å². The van der Waals surface area contributed by atoms with E-state index < -0.39 is 227 Å². The van der Waals surface area contributed by atoms with Crippen molar-refractivity contribution >= 4 is 0 Å². The molecule has 10 aliphatic heterocycles. The molecule has 10 aliphatic rings. The van der Waals surface area contributed by atoms with E-state index >= 15 is 0 Å². The Morgan fingerprint density at radius 3 is 0.650 bits per heavy atom. The second-order valence-electron chi connectivity index (χ2n) is 28.8. The zero-order chi connectivity index (χ0) is 154. The summed E-state index contributed by atoms with van der Waals surface area (Å²) >= 11 is 0. The maximum absolute atomic E-state index is 8.12. The van der Waals surface area contributed by atoms with Gasteiger partial charge >= 0.3 is 0 Å². The van der Waals surface area contributed by atoms with Gasteiger partial charge < -0.3 is 148 Å². The number of hydrogen-bond acceptors (Lipinski definition) is 30. The molecule has 0 spiro atoms. The zero-order valence-electron chi connectivity index (χ0n) is 141. The Morgan fingerprint density at radius 1 is 0.221 bits per heavy atom. The van der Waals surface area contributed by atoms with Gasteiger partial charge in [0.15, 0.2) is 115 Å². The summed E-state index contributed by atoms with van der Waals surface area (Å²) in [6.45, 7) is -10.3.